The Balaban J connectivity index is 1.79. The van der Waals surface area contributed by atoms with Gasteiger partial charge in [0.05, 0.1) is 22.0 Å². The summed E-state index contributed by atoms with van der Waals surface area (Å²) < 4.78 is 25.0. The number of nitrogens with zero attached hydrogens (tertiary/aromatic N) is 1. The van der Waals surface area contributed by atoms with Crippen molar-refractivity contribution in [2.75, 3.05) is 11.0 Å². The summed E-state index contributed by atoms with van der Waals surface area (Å²) in [4.78, 5) is 17.5. The summed E-state index contributed by atoms with van der Waals surface area (Å²) in [6.45, 7) is 5.94. The smallest absolute Gasteiger partial charge is 0.229 e. The van der Waals surface area contributed by atoms with Gasteiger partial charge in [0.2, 0.25) is 10.0 Å². The maximum absolute atomic E-state index is 12.8. The van der Waals surface area contributed by atoms with Crippen molar-refractivity contribution in [3.05, 3.63) is 65.2 Å². The lowest BCUT2D eigenvalue weighted by Crippen LogP contribution is -2.14. The molecular formula is C21H22N2O3S2. The minimum atomic E-state index is -3.34. The van der Waals surface area contributed by atoms with Crippen LogP contribution in [0.15, 0.2) is 53.6 Å². The van der Waals surface area contributed by atoms with Crippen molar-refractivity contribution in [3.63, 3.8) is 0 Å². The highest BCUT2D eigenvalue weighted by atomic mass is 32.2. The fourth-order valence-electron chi connectivity index (χ4n) is 2.98. The van der Waals surface area contributed by atoms with Crippen LogP contribution in [-0.4, -0.2) is 30.7 Å². The van der Waals surface area contributed by atoms with Crippen molar-refractivity contribution >= 4 is 44.2 Å². The number of rotatable bonds is 6. The Kier molecular flexibility index (Phi) is 5.76. The Morgan fingerprint density at radius 2 is 1.75 bits per heavy atom. The molecular weight excluding hydrogens is 392 g/mol. The predicted molar refractivity (Wildman–Crippen MR) is 116 cm³/mol. The Labute approximate surface area is 169 Å². The molecule has 0 bridgehead atoms. The summed E-state index contributed by atoms with van der Waals surface area (Å²) in [7, 11) is -3.34. The van der Waals surface area contributed by atoms with Gasteiger partial charge in [-0.2, -0.15) is 0 Å². The SMILES string of the molecule is Cc1cc(S[C@H](C)C(=O)c2ccc(NS(C)(=O)=O)cc2)nc2c(C)cccc12. The number of nitrogens with one attached hydrogen (secondary N) is 1. The van der Waals surface area contributed by atoms with Gasteiger partial charge < -0.3 is 0 Å². The number of hydrogen-bond donors (Lipinski definition) is 1. The van der Waals surface area contributed by atoms with Gasteiger partial charge in [-0.25, -0.2) is 13.4 Å². The second kappa shape index (κ2) is 7.93. The molecule has 1 heterocycles. The third kappa shape index (κ3) is 4.72. The molecule has 3 rings (SSSR count). The number of sulfonamides is 1. The molecule has 7 heteroatoms. The van der Waals surface area contributed by atoms with E-state index >= 15 is 0 Å². The van der Waals surface area contributed by atoms with Gasteiger partial charge in [0.25, 0.3) is 0 Å². The number of carbonyl (C=O) groups is 1. The van der Waals surface area contributed by atoms with Crippen LogP contribution in [0.4, 0.5) is 5.69 Å². The Hall–Kier alpha value is -2.38. The van der Waals surface area contributed by atoms with Crippen LogP contribution in [0.25, 0.3) is 10.9 Å². The molecule has 0 saturated carbocycles. The summed E-state index contributed by atoms with van der Waals surface area (Å²) in [5.41, 5.74) is 4.17. The number of aryl methyl sites for hydroxylation is 2. The molecule has 1 N–H and O–H groups in total. The minimum Gasteiger partial charge on any atom is -0.293 e. The molecule has 1 atom stereocenters. The minimum absolute atomic E-state index is 0.0276. The molecule has 5 nitrogen and oxygen atoms in total. The molecule has 146 valence electrons. The van der Waals surface area contributed by atoms with E-state index in [4.69, 9.17) is 4.98 Å². The van der Waals surface area contributed by atoms with E-state index in [-0.39, 0.29) is 11.0 Å². The molecule has 2 aromatic carbocycles. The number of fused-ring (bicyclic) bond motifs is 1. The third-order valence-corrected chi connectivity index (χ3v) is 5.99. The number of thioether (sulfide) groups is 1. The van der Waals surface area contributed by atoms with Crippen LogP contribution < -0.4 is 4.72 Å². The van der Waals surface area contributed by atoms with Crippen molar-refractivity contribution in [2.24, 2.45) is 0 Å². The van der Waals surface area contributed by atoms with Crippen LogP contribution in [0, 0.1) is 13.8 Å². The number of ketones is 1. The Morgan fingerprint density at radius 3 is 2.39 bits per heavy atom. The average Bonchev–Trinajstić information content (AvgIpc) is 2.61. The molecule has 0 aliphatic carbocycles. The zero-order valence-electron chi connectivity index (χ0n) is 16.2. The Morgan fingerprint density at radius 1 is 1.07 bits per heavy atom. The summed E-state index contributed by atoms with van der Waals surface area (Å²) in [5, 5.41) is 1.62. The predicted octanol–water partition coefficient (Wildman–Crippen LogP) is 4.59. The molecule has 0 amide bonds. The first-order chi connectivity index (χ1) is 13.1. The number of pyridine rings is 1. The number of hydrogen-bond acceptors (Lipinski definition) is 5. The van der Waals surface area contributed by atoms with E-state index in [2.05, 4.69) is 10.8 Å². The topological polar surface area (TPSA) is 76.1 Å². The van der Waals surface area contributed by atoms with Crippen molar-refractivity contribution in [3.8, 4) is 0 Å². The second-order valence-electron chi connectivity index (χ2n) is 6.82. The molecule has 0 saturated heterocycles. The normalized spacial score (nSPS) is 12.7. The number of para-hydroxylation sites is 1. The molecule has 0 fully saturated rings. The van der Waals surface area contributed by atoms with Gasteiger partial charge in [0, 0.05) is 16.6 Å². The van der Waals surface area contributed by atoms with E-state index < -0.39 is 10.0 Å². The zero-order valence-corrected chi connectivity index (χ0v) is 17.8. The van der Waals surface area contributed by atoms with E-state index in [0.717, 1.165) is 33.3 Å². The number of aromatic nitrogens is 1. The van der Waals surface area contributed by atoms with E-state index in [0.29, 0.717) is 11.3 Å². The van der Waals surface area contributed by atoms with Gasteiger partial charge >= 0.3 is 0 Å². The standard InChI is InChI=1S/C21H22N2O3S2/c1-13-6-5-7-18-14(2)12-19(22-20(13)18)27-15(3)21(24)16-8-10-17(11-9-16)23-28(4,25)26/h5-12,15,23H,1-4H3/t15-/m1/s1. The highest BCUT2D eigenvalue weighted by molar-refractivity contribution is 8.00. The lowest BCUT2D eigenvalue weighted by molar-refractivity contribution is 0.0994. The second-order valence-corrected chi connectivity index (χ2v) is 9.93. The van der Waals surface area contributed by atoms with E-state index in [1.54, 1.807) is 24.3 Å². The van der Waals surface area contributed by atoms with Gasteiger partial charge in [-0.05, 0) is 62.2 Å². The Bertz CT molecular complexity index is 1140. The number of benzene rings is 2. The quantitative estimate of drug-likeness (QED) is 0.472. The van der Waals surface area contributed by atoms with Crippen LogP contribution >= 0.6 is 11.8 Å². The lowest BCUT2D eigenvalue weighted by atomic mass is 10.1. The first kappa shape index (κ1) is 20.4. The molecule has 0 radical (unpaired) electrons. The summed E-state index contributed by atoms with van der Waals surface area (Å²) in [6, 6.07) is 14.6. The van der Waals surface area contributed by atoms with Gasteiger partial charge in [0.1, 0.15) is 0 Å². The number of anilines is 1. The third-order valence-electron chi connectivity index (χ3n) is 4.36. The highest BCUT2D eigenvalue weighted by Crippen LogP contribution is 2.29. The van der Waals surface area contributed by atoms with Gasteiger partial charge in [-0.3, -0.25) is 9.52 Å². The molecule has 28 heavy (non-hydrogen) atoms. The summed E-state index contributed by atoms with van der Waals surface area (Å²) in [5.74, 6) is -0.0276. The van der Waals surface area contributed by atoms with Crippen LogP contribution in [0.5, 0.6) is 0 Å². The summed E-state index contributed by atoms with van der Waals surface area (Å²) in [6.07, 6.45) is 1.09. The van der Waals surface area contributed by atoms with E-state index in [9.17, 15) is 13.2 Å². The van der Waals surface area contributed by atoms with Crippen LogP contribution in [0.3, 0.4) is 0 Å². The van der Waals surface area contributed by atoms with E-state index in [1.807, 2.05) is 39.0 Å². The number of Topliss-reactive ketones (excluding diaryl/α,β-unsaturated/α-hetero) is 1. The fraction of sp³-hybridized carbons (Fsp3) is 0.238. The maximum atomic E-state index is 12.8. The van der Waals surface area contributed by atoms with Crippen LogP contribution in [0.2, 0.25) is 0 Å². The van der Waals surface area contributed by atoms with Crippen molar-refractivity contribution < 1.29 is 13.2 Å². The molecule has 0 aliphatic rings. The first-order valence-corrected chi connectivity index (χ1v) is 11.6. The van der Waals surface area contributed by atoms with Crippen molar-refractivity contribution in [2.45, 2.75) is 31.0 Å². The van der Waals surface area contributed by atoms with Crippen molar-refractivity contribution in [1.29, 1.82) is 0 Å². The fourth-order valence-corrected chi connectivity index (χ4v) is 4.54. The monoisotopic (exact) mass is 414 g/mol. The zero-order chi connectivity index (χ0) is 20.5. The molecule has 0 aliphatic heterocycles. The van der Waals surface area contributed by atoms with Crippen molar-refractivity contribution in [1.82, 2.24) is 4.98 Å². The van der Waals surface area contributed by atoms with Crippen LogP contribution in [0.1, 0.15) is 28.4 Å². The van der Waals surface area contributed by atoms with Gasteiger partial charge in [-0.15, -0.1) is 0 Å². The molecule has 1 aromatic heterocycles. The molecule has 3 aromatic rings. The maximum Gasteiger partial charge on any atom is 0.229 e. The highest BCUT2D eigenvalue weighted by Gasteiger charge is 2.18. The largest absolute Gasteiger partial charge is 0.293 e. The lowest BCUT2D eigenvalue weighted by Gasteiger charge is -2.13. The average molecular weight is 415 g/mol. The number of carbonyl (C=O) groups excluding carboxylic acids is 1. The molecule has 0 spiro atoms. The first-order valence-electron chi connectivity index (χ1n) is 8.80. The van der Waals surface area contributed by atoms with Crippen LogP contribution in [-0.2, 0) is 10.0 Å². The van der Waals surface area contributed by atoms with Gasteiger partial charge in [-0.1, -0.05) is 30.0 Å². The summed E-state index contributed by atoms with van der Waals surface area (Å²) >= 11 is 1.43. The molecule has 0 unspecified atom stereocenters. The van der Waals surface area contributed by atoms with Gasteiger partial charge in [0.15, 0.2) is 5.78 Å². The van der Waals surface area contributed by atoms with E-state index in [1.165, 1.54) is 11.8 Å².